The molecule has 1 amide bonds. The quantitative estimate of drug-likeness (QED) is 0.318. The van der Waals surface area contributed by atoms with Crippen LogP contribution in [-0.4, -0.2) is 16.3 Å². The van der Waals surface area contributed by atoms with E-state index in [-0.39, 0.29) is 11.7 Å². The van der Waals surface area contributed by atoms with Gasteiger partial charge in [0.15, 0.2) is 0 Å². The summed E-state index contributed by atoms with van der Waals surface area (Å²) in [5, 5.41) is 12.2. The maximum Gasteiger partial charge on any atom is 0.268 e. The van der Waals surface area contributed by atoms with Crippen molar-refractivity contribution < 1.29 is 4.79 Å². The van der Waals surface area contributed by atoms with E-state index in [1.165, 1.54) is 0 Å². The number of para-hydroxylation sites is 1. The second-order valence-electron chi connectivity index (χ2n) is 7.09. The van der Waals surface area contributed by atoms with Crippen molar-refractivity contribution >= 4 is 34.2 Å². The molecular weight excluding hydrogens is 396 g/mol. The molecule has 0 aliphatic rings. The number of nitrogens with two attached hydrogens (primary N) is 1. The predicted octanol–water partition coefficient (Wildman–Crippen LogP) is 4.56. The number of nitrogens with zero attached hydrogens (tertiary/aromatic N) is 1. The average Bonchev–Trinajstić information content (AvgIpc) is 3.12. The van der Waals surface area contributed by atoms with Crippen molar-refractivity contribution in [2.45, 2.75) is 13.1 Å². The van der Waals surface area contributed by atoms with Crippen LogP contribution >= 0.6 is 11.6 Å². The molecule has 0 fully saturated rings. The van der Waals surface area contributed by atoms with Gasteiger partial charge in [-0.3, -0.25) is 10.2 Å². The van der Waals surface area contributed by atoms with E-state index in [2.05, 4.69) is 5.32 Å². The molecule has 3 aromatic carbocycles. The fraction of sp³-hybridized carbons (Fsp3) is 0.0833. The van der Waals surface area contributed by atoms with Crippen LogP contribution in [0, 0.1) is 5.41 Å². The van der Waals surface area contributed by atoms with Crippen LogP contribution in [0.5, 0.6) is 0 Å². The van der Waals surface area contributed by atoms with Gasteiger partial charge in [0.25, 0.3) is 5.91 Å². The molecule has 150 valence electrons. The number of nitrogen functional groups attached to an aromatic ring is 1. The summed E-state index contributed by atoms with van der Waals surface area (Å²) in [7, 11) is 0. The number of hydrogen-bond donors (Lipinski definition) is 3. The van der Waals surface area contributed by atoms with E-state index in [1.54, 1.807) is 0 Å². The van der Waals surface area contributed by atoms with Crippen molar-refractivity contribution in [3.8, 4) is 0 Å². The minimum absolute atomic E-state index is 0.0373. The summed E-state index contributed by atoms with van der Waals surface area (Å²) in [6.45, 7) is 0.959. The highest BCUT2D eigenvalue weighted by molar-refractivity contribution is 6.30. The molecular formula is C24H21ClN4O. The summed E-state index contributed by atoms with van der Waals surface area (Å²) in [6, 6.07) is 24.8. The van der Waals surface area contributed by atoms with E-state index in [0.29, 0.717) is 29.4 Å². The standard InChI is InChI=1S/C24H21ClN4O/c25-20-11-7-16(8-12-20)14-28-24(30)22-13-19-3-1-2-4-21(19)29(22)15-17-5-9-18(10-6-17)23(26)27/h1-13H,14-15H2,(H3,26,27)(H,28,30). The Morgan fingerprint density at radius 3 is 2.33 bits per heavy atom. The molecule has 0 unspecified atom stereocenters. The van der Waals surface area contributed by atoms with Crippen molar-refractivity contribution in [1.29, 1.82) is 5.41 Å². The minimum atomic E-state index is -0.137. The maximum absolute atomic E-state index is 13.0. The van der Waals surface area contributed by atoms with Crippen LogP contribution in [0.2, 0.25) is 5.02 Å². The van der Waals surface area contributed by atoms with E-state index < -0.39 is 0 Å². The lowest BCUT2D eigenvalue weighted by Crippen LogP contribution is -2.25. The van der Waals surface area contributed by atoms with Gasteiger partial charge in [-0.05, 0) is 35.4 Å². The van der Waals surface area contributed by atoms with Gasteiger partial charge in [0.1, 0.15) is 11.5 Å². The molecule has 1 aromatic heterocycles. The summed E-state index contributed by atoms with van der Waals surface area (Å²) in [5.74, 6) is -0.100. The summed E-state index contributed by atoms with van der Waals surface area (Å²) in [4.78, 5) is 13.0. The zero-order valence-electron chi connectivity index (χ0n) is 16.2. The number of amides is 1. The molecule has 4 N–H and O–H groups in total. The van der Waals surface area contributed by atoms with Gasteiger partial charge >= 0.3 is 0 Å². The first-order chi connectivity index (χ1) is 14.5. The van der Waals surface area contributed by atoms with Crippen LogP contribution in [0.15, 0.2) is 78.9 Å². The molecule has 0 saturated heterocycles. The second kappa shape index (κ2) is 8.43. The van der Waals surface area contributed by atoms with Gasteiger partial charge < -0.3 is 15.6 Å². The fourth-order valence-corrected chi connectivity index (χ4v) is 3.54. The number of carbonyl (C=O) groups excluding carboxylic acids is 1. The van der Waals surface area contributed by atoms with Crippen molar-refractivity contribution in [3.63, 3.8) is 0 Å². The highest BCUT2D eigenvalue weighted by atomic mass is 35.5. The predicted molar refractivity (Wildman–Crippen MR) is 121 cm³/mol. The molecule has 0 aliphatic heterocycles. The van der Waals surface area contributed by atoms with Gasteiger partial charge in [-0.15, -0.1) is 0 Å². The van der Waals surface area contributed by atoms with Crippen LogP contribution in [0.4, 0.5) is 0 Å². The average molecular weight is 417 g/mol. The number of nitrogens with one attached hydrogen (secondary N) is 2. The van der Waals surface area contributed by atoms with Crippen LogP contribution < -0.4 is 11.1 Å². The normalized spacial score (nSPS) is 10.8. The van der Waals surface area contributed by atoms with Crippen molar-refractivity contribution in [1.82, 2.24) is 9.88 Å². The number of halogens is 1. The Labute approximate surface area is 179 Å². The highest BCUT2D eigenvalue weighted by Crippen LogP contribution is 2.22. The van der Waals surface area contributed by atoms with Crippen LogP contribution in [0.25, 0.3) is 10.9 Å². The number of rotatable bonds is 6. The number of hydrogen-bond acceptors (Lipinski definition) is 2. The van der Waals surface area contributed by atoms with E-state index in [9.17, 15) is 4.79 Å². The molecule has 0 bridgehead atoms. The van der Waals surface area contributed by atoms with E-state index in [0.717, 1.165) is 22.0 Å². The summed E-state index contributed by atoms with van der Waals surface area (Å²) in [6.07, 6.45) is 0. The van der Waals surface area contributed by atoms with Gasteiger partial charge in [-0.2, -0.15) is 0 Å². The number of aromatic nitrogens is 1. The Morgan fingerprint density at radius 1 is 0.967 bits per heavy atom. The second-order valence-corrected chi connectivity index (χ2v) is 7.53. The number of amidine groups is 1. The first kappa shape index (κ1) is 19.7. The third-order valence-corrected chi connectivity index (χ3v) is 5.27. The SMILES string of the molecule is N=C(N)c1ccc(Cn2c(C(=O)NCc3ccc(Cl)cc3)cc3ccccc32)cc1. The first-order valence-corrected chi connectivity index (χ1v) is 9.93. The van der Waals surface area contributed by atoms with Crippen LogP contribution in [0.3, 0.4) is 0 Å². The van der Waals surface area contributed by atoms with Gasteiger partial charge in [-0.25, -0.2) is 0 Å². The zero-order valence-corrected chi connectivity index (χ0v) is 17.0. The molecule has 6 heteroatoms. The monoisotopic (exact) mass is 416 g/mol. The topological polar surface area (TPSA) is 83.9 Å². The lowest BCUT2D eigenvalue weighted by molar-refractivity contribution is 0.0942. The lowest BCUT2D eigenvalue weighted by atomic mass is 10.1. The molecule has 5 nitrogen and oxygen atoms in total. The van der Waals surface area contributed by atoms with E-state index >= 15 is 0 Å². The summed E-state index contributed by atoms with van der Waals surface area (Å²) >= 11 is 5.93. The Kier molecular flexibility index (Phi) is 5.55. The number of fused-ring (bicyclic) bond motifs is 1. The Balaban J connectivity index is 1.61. The third kappa shape index (κ3) is 4.21. The first-order valence-electron chi connectivity index (χ1n) is 9.55. The van der Waals surface area contributed by atoms with Gasteiger partial charge in [0.05, 0.1) is 0 Å². The van der Waals surface area contributed by atoms with Crippen molar-refractivity contribution in [2.24, 2.45) is 5.73 Å². The molecule has 0 spiro atoms. The summed E-state index contributed by atoms with van der Waals surface area (Å²) < 4.78 is 2.01. The van der Waals surface area contributed by atoms with E-state index in [4.69, 9.17) is 22.7 Å². The molecule has 4 aromatic rings. The van der Waals surface area contributed by atoms with Crippen molar-refractivity contribution in [3.05, 3.63) is 106 Å². The molecule has 4 rings (SSSR count). The van der Waals surface area contributed by atoms with E-state index in [1.807, 2.05) is 83.4 Å². The Morgan fingerprint density at radius 2 is 1.63 bits per heavy atom. The maximum atomic E-state index is 13.0. The summed E-state index contributed by atoms with van der Waals surface area (Å²) in [5.41, 5.74) is 9.81. The van der Waals surface area contributed by atoms with Gasteiger partial charge in [0.2, 0.25) is 0 Å². The molecule has 0 radical (unpaired) electrons. The Hall–Kier alpha value is -3.57. The molecule has 0 aliphatic carbocycles. The number of carbonyl (C=O) groups is 1. The highest BCUT2D eigenvalue weighted by Gasteiger charge is 2.16. The largest absolute Gasteiger partial charge is 0.384 e. The molecule has 0 atom stereocenters. The lowest BCUT2D eigenvalue weighted by Gasteiger charge is -2.12. The number of benzene rings is 3. The van der Waals surface area contributed by atoms with Crippen LogP contribution in [-0.2, 0) is 13.1 Å². The molecule has 1 heterocycles. The smallest absolute Gasteiger partial charge is 0.268 e. The minimum Gasteiger partial charge on any atom is -0.384 e. The Bertz CT molecular complexity index is 1210. The van der Waals surface area contributed by atoms with Crippen molar-refractivity contribution in [2.75, 3.05) is 0 Å². The molecule has 30 heavy (non-hydrogen) atoms. The molecule has 0 saturated carbocycles. The third-order valence-electron chi connectivity index (χ3n) is 5.02. The van der Waals surface area contributed by atoms with Gasteiger partial charge in [-0.1, -0.05) is 66.2 Å². The van der Waals surface area contributed by atoms with Gasteiger partial charge in [0, 0.05) is 34.6 Å². The van der Waals surface area contributed by atoms with Crippen LogP contribution in [0.1, 0.15) is 27.2 Å². The fourth-order valence-electron chi connectivity index (χ4n) is 3.42. The zero-order chi connectivity index (χ0) is 21.1.